The Morgan fingerprint density at radius 2 is 1.52 bits per heavy atom. The van der Waals surface area contributed by atoms with Crippen LogP contribution in [0.3, 0.4) is 0 Å². The lowest BCUT2D eigenvalue weighted by molar-refractivity contribution is -0.159. The molecule has 184 valence electrons. The molecule has 1 unspecified atom stereocenters. The smallest absolute Gasteiger partial charge is 0.331 e. The van der Waals surface area contributed by atoms with E-state index in [2.05, 4.69) is 6.92 Å². The van der Waals surface area contributed by atoms with Crippen molar-refractivity contribution in [2.75, 3.05) is 6.61 Å². The van der Waals surface area contributed by atoms with Gasteiger partial charge in [0, 0.05) is 6.08 Å². The number of carbonyl (C=O) groups is 2. The summed E-state index contributed by atoms with van der Waals surface area (Å²) in [5.41, 5.74) is 0.930. The Bertz CT molecular complexity index is 716. The summed E-state index contributed by atoms with van der Waals surface area (Å²) in [7, 11) is 0. The van der Waals surface area contributed by atoms with Crippen LogP contribution in [0.4, 0.5) is 0 Å². The fourth-order valence-corrected chi connectivity index (χ4v) is 3.83. The van der Waals surface area contributed by atoms with Crippen LogP contribution >= 0.6 is 0 Å². The van der Waals surface area contributed by atoms with Crippen molar-refractivity contribution < 1.29 is 23.8 Å². The summed E-state index contributed by atoms with van der Waals surface area (Å²) in [4.78, 5) is 24.1. The van der Waals surface area contributed by atoms with Crippen molar-refractivity contribution in [3.05, 3.63) is 35.9 Å². The Morgan fingerprint density at radius 3 is 2.15 bits per heavy atom. The van der Waals surface area contributed by atoms with E-state index >= 15 is 0 Å². The molecular formula is C28H42O5. The largest absolute Gasteiger partial charge is 0.494 e. The number of benzene rings is 1. The van der Waals surface area contributed by atoms with Gasteiger partial charge in [0.05, 0.1) is 12.5 Å². The summed E-state index contributed by atoms with van der Waals surface area (Å²) < 4.78 is 16.9. The molecule has 2 rings (SSSR count). The molecule has 0 bridgehead atoms. The van der Waals surface area contributed by atoms with Gasteiger partial charge in [-0.3, -0.25) is 4.79 Å². The molecule has 1 aromatic carbocycles. The number of hydrogen-bond acceptors (Lipinski definition) is 5. The lowest BCUT2D eigenvalue weighted by Gasteiger charge is -2.28. The lowest BCUT2D eigenvalue weighted by atomic mass is 9.94. The molecule has 1 atom stereocenters. The van der Waals surface area contributed by atoms with Crippen molar-refractivity contribution in [2.45, 2.75) is 104 Å². The fraction of sp³-hybridized carbons (Fsp3) is 0.643. The Labute approximate surface area is 199 Å². The minimum atomic E-state index is -0.335. The third kappa shape index (κ3) is 10.9. The van der Waals surface area contributed by atoms with Crippen LogP contribution in [0.5, 0.6) is 5.75 Å². The fourth-order valence-electron chi connectivity index (χ4n) is 3.83. The molecule has 1 aliphatic carbocycles. The number of esters is 2. The van der Waals surface area contributed by atoms with Crippen molar-refractivity contribution >= 4 is 18.0 Å². The predicted octanol–water partition coefficient (Wildman–Crippen LogP) is 6.88. The van der Waals surface area contributed by atoms with Gasteiger partial charge in [-0.2, -0.15) is 0 Å². The molecule has 0 amide bonds. The Kier molecular flexibility index (Phi) is 12.7. The number of carbonyl (C=O) groups excluding carboxylic acids is 2. The summed E-state index contributed by atoms with van der Waals surface area (Å²) >= 11 is 0. The molecule has 1 fully saturated rings. The van der Waals surface area contributed by atoms with Crippen LogP contribution in [0.1, 0.15) is 97.0 Å². The van der Waals surface area contributed by atoms with Gasteiger partial charge in [-0.25, -0.2) is 4.79 Å². The molecule has 0 N–H and O–H groups in total. The van der Waals surface area contributed by atoms with Crippen LogP contribution in [0.15, 0.2) is 30.3 Å². The molecule has 0 aliphatic heterocycles. The number of unbranched alkanes of at least 4 members (excludes halogenated alkanes) is 5. The number of rotatable bonds is 14. The molecular weight excluding hydrogens is 416 g/mol. The topological polar surface area (TPSA) is 61.8 Å². The van der Waals surface area contributed by atoms with Crippen LogP contribution in [0.2, 0.25) is 0 Å². The first-order valence-corrected chi connectivity index (χ1v) is 12.8. The van der Waals surface area contributed by atoms with Crippen LogP contribution in [0.25, 0.3) is 6.08 Å². The van der Waals surface area contributed by atoms with Gasteiger partial charge in [0.1, 0.15) is 18.0 Å². The second-order valence-corrected chi connectivity index (χ2v) is 9.10. The van der Waals surface area contributed by atoms with E-state index in [4.69, 9.17) is 14.2 Å². The molecule has 33 heavy (non-hydrogen) atoms. The molecule has 1 aliphatic rings. The molecule has 5 nitrogen and oxygen atoms in total. The van der Waals surface area contributed by atoms with Gasteiger partial charge < -0.3 is 14.2 Å². The van der Waals surface area contributed by atoms with Gasteiger partial charge in [-0.15, -0.1) is 0 Å². The van der Waals surface area contributed by atoms with E-state index in [0.29, 0.717) is 0 Å². The third-order valence-corrected chi connectivity index (χ3v) is 6.26. The van der Waals surface area contributed by atoms with Crippen molar-refractivity contribution in [1.29, 1.82) is 0 Å². The van der Waals surface area contributed by atoms with Crippen LogP contribution in [0, 0.1) is 5.92 Å². The van der Waals surface area contributed by atoms with Gasteiger partial charge >= 0.3 is 11.9 Å². The summed E-state index contributed by atoms with van der Waals surface area (Å²) in [5.74, 6) is 0.332. The average molecular weight is 459 g/mol. The first-order chi connectivity index (χ1) is 16.0. The maximum absolute atomic E-state index is 12.2. The molecule has 0 spiro atoms. The first-order valence-electron chi connectivity index (χ1n) is 12.8. The van der Waals surface area contributed by atoms with Crippen molar-refractivity contribution in [3.8, 4) is 5.75 Å². The standard InChI is InChI=1S/C28H42O5/c1-4-6-7-8-9-10-21-31-24-14-11-23(12-15-24)13-20-27(29)32-25-16-18-26(19-17-25)33-28(30)22(3)5-2/h11-15,20,22,25-26H,4-10,16-19,21H2,1-3H3/b20-13+/t22?,25-,26-. The Balaban J connectivity index is 1.63. The summed E-state index contributed by atoms with van der Waals surface area (Å²) in [6, 6.07) is 7.75. The van der Waals surface area contributed by atoms with Crippen molar-refractivity contribution in [2.24, 2.45) is 5.92 Å². The summed E-state index contributed by atoms with van der Waals surface area (Å²) in [6.45, 7) is 6.84. The summed E-state index contributed by atoms with van der Waals surface area (Å²) in [5, 5.41) is 0. The highest BCUT2D eigenvalue weighted by atomic mass is 16.6. The highest BCUT2D eigenvalue weighted by Crippen LogP contribution is 2.25. The zero-order valence-corrected chi connectivity index (χ0v) is 20.7. The number of hydrogen-bond donors (Lipinski definition) is 0. The second kappa shape index (κ2) is 15.5. The molecule has 0 heterocycles. The maximum atomic E-state index is 12.2. The average Bonchev–Trinajstić information content (AvgIpc) is 2.83. The van der Waals surface area contributed by atoms with E-state index in [9.17, 15) is 9.59 Å². The van der Waals surface area contributed by atoms with Gasteiger partial charge in [0.15, 0.2) is 0 Å². The minimum absolute atomic E-state index is 0.0567. The van der Waals surface area contributed by atoms with Crippen LogP contribution < -0.4 is 4.74 Å². The Hall–Kier alpha value is -2.30. The van der Waals surface area contributed by atoms with E-state index in [1.807, 2.05) is 38.1 Å². The van der Waals surface area contributed by atoms with Gasteiger partial charge in [-0.1, -0.05) is 65.0 Å². The van der Waals surface area contributed by atoms with E-state index < -0.39 is 0 Å². The zero-order valence-electron chi connectivity index (χ0n) is 20.7. The summed E-state index contributed by atoms with van der Waals surface area (Å²) in [6.07, 6.45) is 14.3. The van der Waals surface area contributed by atoms with Crippen LogP contribution in [-0.2, 0) is 19.1 Å². The van der Waals surface area contributed by atoms with Gasteiger partial charge in [0.2, 0.25) is 0 Å². The SMILES string of the molecule is CCCCCCCCOc1ccc(/C=C/C(=O)O[C@H]2CC[C@H](OC(=O)C(C)CC)CC2)cc1. The van der Waals surface area contributed by atoms with E-state index in [-0.39, 0.29) is 30.1 Å². The number of ether oxygens (including phenoxy) is 3. The van der Waals surface area contributed by atoms with Crippen molar-refractivity contribution in [3.63, 3.8) is 0 Å². The molecule has 1 saturated carbocycles. The highest BCUT2D eigenvalue weighted by molar-refractivity contribution is 5.87. The first kappa shape index (κ1) is 26.9. The van der Waals surface area contributed by atoms with Crippen molar-refractivity contribution in [1.82, 2.24) is 0 Å². The predicted molar refractivity (Wildman–Crippen MR) is 132 cm³/mol. The molecule has 0 aromatic heterocycles. The second-order valence-electron chi connectivity index (χ2n) is 9.10. The van der Waals surface area contributed by atoms with E-state index in [1.165, 1.54) is 38.2 Å². The molecule has 1 aromatic rings. The van der Waals surface area contributed by atoms with Gasteiger partial charge in [0.25, 0.3) is 0 Å². The zero-order chi connectivity index (χ0) is 23.9. The van der Waals surface area contributed by atoms with E-state index in [0.717, 1.165) is 56.4 Å². The quantitative estimate of drug-likeness (QED) is 0.173. The molecule has 0 saturated heterocycles. The highest BCUT2D eigenvalue weighted by Gasteiger charge is 2.26. The third-order valence-electron chi connectivity index (χ3n) is 6.26. The monoisotopic (exact) mass is 458 g/mol. The Morgan fingerprint density at radius 1 is 0.909 bits per heavy atom. The van der Waals surface area contributed by atoms with Crippen LogP contribution in [-0.4, -0.2) is 30.8 Å². The normalized spacial score (nSPS) is 19.2. The molecule has 5 heteroatoms. The van der Waals surface area contributed by atoms with Gasteiger partial charge in [-0.05, 0) is 62.3 Å². The maximum Gasteiger partial charge on any atom is 0.331 e. The van der Waals surface area contributed by atoms with E-state index in [1.54, 1.807) is 6.08 Å². The minimum Gasteiger partial charge on any atom is -0.494 e. The molecule has 0 radical (unpaired) electrons. The lowest BCUT2D eigenvalue weighted by Crippen LogP contribution is -2.30.